The van der Waals surface area contributed by atoms with Crippen molar-refractivity contribution in [2.45, 2.75) is 6.92 Å². The van der Waals surface area contributed by atoms with Gasteiger partial charge in [0.1, 0.15) is 0 Å². The number of aromatic nitrogens is 2. The van der Waals surface area contributed by atoms with Gasteiger partial charge >= 0.3 is 0 Å². The molecule has 0 amide bonds. The van der Waals surface area contributed by atoms with Crippen molar-refractivity contribution in [3.05, 3.63) is 39.7 Å². The Kier molecular flexibility index (Phi) is 3.38. The molecule has 0 saturated carbocycles. The molecule has 0 unspecified atom stereocenters. The van der Waals surface area contributed by atoms with Crippen LogP contribution in [0.4, 0.5) is 0 Å². The van der Waals surface area contributed by atoms with Crippen LogP contribution in [-0.4, -0.2) is 17.1 Å². The van der Waals surface area contributed by atoms with Crippen molar-refractivity contribution < 1.29 is 4.74 Å². The lowest BCUT2D eigenvalue weighted by atomic mass is 10.1. The normalized spacial score (nSPS) is 10.2. The minimum Gasteiger partial charge on any atom is -0.481 e. The van der Waals surface area contributed by atoms with Crippen molar-refractivity contribution in [3.8, 4) is 17.1 Å². The highest BCUT2D eigenvalue weighted by molar-refractivity contribution is 14.1. The fourth-order valence-corrected chi connectivity index (χ4v) is 2.12. The van der Waals surface area contributed by atoms with Crippen LogP contribution in [0.3, 0.4) is 0 Å². The molecule has 0 aromatic carbocycles. The smallest absolute Gasteiger partial charge is 0.213 e. The molecule has 0 aliphatic heterocycles. The number of hydrogen-bond donors (Lipinski definition) is 0. The number of methoxy groups -OCH3 is 1. The highest BCUT2D eigenvalue weighted by Crippen LogP contribution is 2.24. The van der Waals surface area contributed by atoms with E-state index in [0.29, 0.717) is 5.88 Å². The number of halogens is 1. The number of aryl methyl sites for hydroxylation is 1. The number of hydrogen-bond acceptors (Lipinski definition) is 3. The fraction of sp³-hybridized carbons (Fsp3) is 0.167. The molecule has 3 nitrogen and oxygen atoms in total. The third kappa shape index (κ3) is 2.32. The fourth-order valence-electron chi connectivity index (χ4n) is 1.51. The summed E-state index contributed by atoms with van der Waals surface area (Å²) in [5.41, 5.74) is 3.15. The third-order valence-electron chi connectivity index (χ3n) is 2.26. The van der Waals surface area contributed by atoms with Gasteiger partial charge in [0.05, 0.1) is 12.8 Å². The van der Waals surface area contributed by atoms with Crippen LogP contribution in [0.15, 0.2) is 30.6 Å². The summed E-state index contributed by atoms with van der Waals surface area (Å²) in [4.78, 5) is 8.51. The van der Waals surface area contributed by atoms with Gasteiger partial charge in [-0.15, -0.1) is 0 Å². The van der Waals surface area contributed by atoms with Crippen molar-refractivity contribution >= 4 is 22.6 Å². The minimum absolute atomic E-state index is 0.609. The molecule has 2 aromatic rings. The molecule has 0 atom stereocenters. The van der Waals surface area contributed by atoms with Crippen molar-refractivity contribution in [2.24, 2.45) is 0 Å². The van der Waals surface area contributed by atoms with E-state index in [1.165, 1.54) is 0 Å². The average Bonchev–Trinajstić information content (AvgIpc) is 2.29. The van der Waals surface area contributed by atoms with Gasteiger partial charge < -0.3 is 4.74 Å². The summed E-state index contributed by atoms with van der Waals surface area (Å²) in [7, 11) is 1.61. The molecule has 0 spiro atoms. The molecule has 0 radical (unpaired) electrons. The monoisotopic (exact) mass is 326 g/mol. The summed E-state index contributed by atoms with van der Waals surface area (Å²) in [6.45, 7) is 2.05. The van der Waals surface area contributed by atoms with Gasteiger partial charge in [0.15, 0.2) is 0 Å². The van der Waals surface area contributed by atoms with Gasteiger partial charge in [0.2, 0.25) is 5.88 Å². The first-order valence-electron chi connectivity index (χ1n) is 4.83. The molecular weight excluding hydrogens is 315 g/mol. The predicted molar refractivity (Wildman–Crippen MR) is 71.5 cm³/mol. The van der Waals surface area contributed by atoms with Gasteiger partial charge in [-0.25, -0.2) is 4.98 Å². The maximum atomic E-state index is 5.10. The molecule has 0 saturated heterocycles. The molecule has 0 bridgehead atoms. The Balaban J connectivity index is 2.49. The summed E-state index contributed by atoms with van der Waals surface area (Å²) in [5, 5.41) is 0. The summed E-state index contributed by atoms with van der Waals surface area (Å²) in [6.07, 6.45) is 3.59. The van der Waals surface area contributed by atoms with E-state index in [1.54, 1.807) is 13.3 Å². The molecular formula is C12H11IN2O. The van der Waals surface area contributed by atoms with Gasteiger partial charge in [-0.05, 0) is 47.2 Å². The van der Waals surface area contributed by atoms with Gasteiger partial charge in [-0.2, -0.15) is 0 Å². The number of nitrogens with zero attached hydrogens (tertiary/aromatic N) is 2. The molecule has 4 heteroatoms. The van der Waals surface area contributed by atoms with Gasteiger partial charge in [-0.1, -0.05) is 0 Å². The predicted octanol–water partition coefficient (Wildman–Crippen LogP) is 3.07. The van der Waals surface area contributed by atoms with E-state index in [9.17, 15) is 0 Å². The van der Waals surface area contributed by atoms with Crippen molar-refractivity contribution in [3.63, 3.8) is 0 Å². The Hall–Kier alpha value is -1.17. The van der Waals surface area contributed by atoms with E-state index >= 15 is 0 Å². The molecule has 0 fully saturated rings. The zero-order valence-corrected chi connectivity index (χ0v) is 11.2. The van der Waals surface area contributed by atoms with Crippen LogP contribution >= 0.6 is 22.6 Å². The zero-order valence-electron chi connectivity index (χ0n) is 9.07. The second-order valence-electron chi connectivity index (χ2n) is 3.41. The molecule has 2 heterocycles. The number of rotatable bonds is 2. The Morgan fingerprint density at radius 3 is 2.75 bits per heavy atom. The van der Waals surface area contributed by atoms with Crippen LogP contribution in [0.25, 0.3) is 11.3 Å². The molecule has 2 rings (SSSR count). The second-order valence-corrected chi connectivity index (χ2v) is 4.65. The lowest BCUT2D eigenvalue weighted by molar-refractivity contribution is 0.398. The van der Waals surface area contributed by atoms with Crippen molar-refractivity contribution in [1.82, 2.24) is 9.97 Å². The van der Waals surface area contributed by atoms with E-state index in [1.807, 2.05) is 18.3 Å². The average molecular weight is 326 g/mol. The lowest BCUT2D eigenvalue weighted by Gasteiger charge is -2.06. The summed E-state index contributed by atoms with van der Waals surface area (Å²) in [6, 6.07) is 5.93. The lowest BCUT2D eigenvalue weighted by Crippen LogP contribution is -1.92. The highest BCUT2D eigenvalue weighted by atomic mass is 127. The SMILES string of the molecule is COc1cc(-c2ncc(I)cc2C)ccn1. The van der Waals surface area contributed by atoms with Crippen molar-refractivity contribution in [2.75, 3.05) is 7.11 Å². The first-order valence-corrected chi connectivity index (χ1v) is 5.91. The van der Waals surface area contributed by atoms with E-state index in [4.69, 9.17) is 4.74 Å². The molecule has 16 heavy (non-hydrogen) atoms. The van der Waals surface area contributed by atoms with Crippen LogP contribution in [0.1, 0.15) is 5.56 Å². The highest BCUT2D eigenvalue weighted by Gasteiger charge is 2.05. The van der Waals surface area contributed by atoms with Crippen molar-refractivity contribution in [1.29, 1.82) is 0 Å². The quantitative estimate of drug-likeness (QED) is 0.796. The first-order chi connectivity index (χ1) is 7.70. The Labute approximate surface area is 108 Å². The topological polar surface area (TPSA) is 35.0 Å². The summed E-state index contributed by atoms with van der Waals surface area (Å²) in [5.74, 6) is 0.609. The zero-order chi connectivity index (χ0) is 11.5. The summed E-state index contributed by atoms with van der Waals surface area (Å²) >= 11 is 2.26. The van der Waals surface area contributed by atoms with Gasteiger partial charge in [0.25, 0.3) is 0 Å². The van der Waals surface area contributed by atoms with E-state index in [0.717, 1.165) is 20.4 Å². The molecule has 0 aliphatic carbocycles. The van der Waals surface area contributed by atoms with Gasteiger partial charge in [0, 0.05) is 27.6 Å². The van der Waals surface area contributed by atoms with Gasteiger partial charge in [-0.3, -0.25) is 4.98 Å². The second kappa shape index (κ2) is 4.78. The molecule has 0 aliphatic rings. The largest absolute Gasteiger partial charge is 0.481 e. The van der Waals surface area contributed by atoms with E-state index in [-0.39, 0.29) is 0 Å². The standard InChI is InChI=1S/C12H11IN2O/c1-8-5-10(13)7-15-12(8)9-3-4-14-11(6-9)16-2/h3-7H,1-2H3. The van der Waals surface area contributed by atoms with Crippen LogP contribution in [0, 0.1) is 10.5 Å². The maximum Gasteiger partial charge on any atom is 0.213 e. The first kappa shape index (κ1) is 11.3. The molecule has 0 N–H and O–H groups in total. The molecule has 2 aromatic heterocycles. The Bertz CT molecular complexity index is 514. The number of pyridine rings is 2. The minimum atomic E-state index is 0.609. The van der Waals surface area contributed by atoms with Crippen LogP contribution < -0.4 is 4.74 Å². The van der Waals surface area contributed by atoms with Crippen LogP contribution in [-0.2, 0) is 0 Å². The van der Waals surface area contributed by atoms with E-state index < -0.39 is 0 Å². The maximum absolute atomic E-state index is 5.10. The molecule has 82 valence electrons. The number of ether oxygens (including phenoxy) is 1. The third-order valence-corrected chi connectivity index (χ3v) is 2.85. The van der Waals surface area contributed by atoms with E-state index in [2.05, 4.69) is 45.5 Å². The Morgan fingerprint density at radius 2 is 2.06 bits per heavy atom. The Morgan fingerprint density at radius 1 is 1.25 bits per heavy atom. The van der Waals surface area contributed by atoms with Crippen LogP contribution in [0.2, 0.25) is 0 Å². The summed E-state index contributed by atoms with van der Waals surface area (Å²) < 4.78 is 6.24. The van der Waals surface area contributed by atoms with Crippen LogP contribution in [0.5, 0.6) is 5.88 Å².